The van der Waals surface area contributed by atoms with Gasteiger partial charge in [0.15, 0.2) is 5.13 Å². The molecule has 0 unspecified atom stereocenters. The van der Waals surface area contributed by atoms with E-state index >= 15 is 0 Å². The molecule has 0 saturated carbocycles. The topological polar surface area (TPSA) is 74.4 Å². The Hall–Kier alpha value is -1.82. The molecule has 1 aromatic heterocycles. The lowest BCUT2D eigenvalue weighted by Crippen LogP contribution is -2.01. The Kier molecular flexibility index (Phi) is 2.66. The van der Waals surface area contributed by atoms with Crippen molar-refractivity contribution in [2.24, 2.45) is 0 Å². The van der Waals surface area contributed by atoms with E-state index in [9.17, 15) is 4.79 Å². The number of methoxy groups -OCH3 is 2. The molecule has 0 spiro atoms. The van der Waals surface area contributed by atoms with Crippen molar-refractivity contribution in [1.29, 1.82) is 0 Å². The fraction of sp³-hybridized carbons (Fsp3) is 0.200. The van der Waals surface area contributed by atoms with Crippen molar-refractivity contribution in [2.75, 3.05) is 20.0 Å². The first-order valence-corrected chi connectivity index (χ1v) is 5.29. The number of rotatable bonds is 2. The first kappa shape index (κ1) is 10.7. The molecule has 2 rings (SSSR count). The van der Waals surface area contributed by atoms with E-state index in [1.807, 2.05) is 0 Å². The number of ether oxygens (including phenoxy) is 2. The largest absolute Gasteiger partial charge is 0.494 e. The van der Waals surface area contributed by atoms with Crippen LogP contribution >= 0.6 is 11.3 Å². The normalized spacial score (nSPS) is 10.4. The second-order valence-corrected chi connectivity index (χ2v) is 4.13. The molecule has 0 atom stereocenters. The number of hydrogen-bond donors (Lipinski definition) is 1. The summed E-state index contributed by atoms with van der Waals surface area (Å²) >= 11 is 1.30. The predicted octanol–water partition coefficient (Wildman–Crippen LogP) is 1.67. The van der Waals surface area contributed by atoms with Crippen molar-refractivity contribution >= 4 is 32.7 Å². The Labute approximate surface area is 95.8 Å². The molecule has 16 heavy (non-hydrogen) atoms. The molecule has 0 radical (unpaired) electrons. The van der Waals surface area contributed by atoms with Gasteiger partial charge in [0.25, 0.3) is 0 Å². The lowest BCUT2D eigenvalue weighted by Gasteiger charge is -2.03. The average Bonchev–Trinajstić information content (AvgIpc) is 2.66. The van der Waals surface area contributed by atoms with E-state index in [4.69, 9.17) is 10.5 Å². The fourth-order valence-electron chi connectivity index (χ4n) is 1.41. The average molecular weight is 238 g/mol. The third kappa shape index (κ3) is 1.67. The Balaban J connectivity index is 2.67. The highest BCUT2D eigenvalue weighted by molar-refractivity contribution is 7.22. The number of carbonyl (C=O) groups excluding carboxylic acids is 1. The van der Waals surface area contributed by atoms with E-state index in [1.165, 1.54) is 25.6 Å². The second-order valence-electron chi connectivity index (χ2n) is 3.07. The van der Waals surface area contributed by atoms with Crippen LogP contribution < -0.4 is 10.5 Å². The second kappa shape index (κ2) is 3.97. The highest BCUT2D eigenvalue weighted by atomic mass is 32.1. The first-order valence-electron chi connectivity index (χ1n) is 4.48. The third-order valence-corrected chi connectivity index (χ3v) is 2.95. The minimum Gasteiger partial charge on any atom is -0.494 e. The smallest absolute Gasteiger partial charge is 0.338 e. The highest BCUT2D eigenvalue weighted by Crippen LogP contribution is 2.32. The van der Waals surface area contributed by atoms with Gasteiger partial charge in [-0.3, -0.25) is 0 Å². The molecule has 5 nitrogen and oxygen atoms in total. The molecular weight excluding hydrogens is 228 g/mol. The maximum atomic E-state index is 11.4. The summed E-state index contributed by atoms with van der Waals surface area (Å²) in [6.45, 7) is 0. The maximum absolute atomic E-state index is 11.4. The number of carbonyl (C=O) groups is 1. The molecule has 0 aliphatic heterocycles. The zero-order chi connectivity index (χ0) is 11.7. The van der Waals surface area contributed by atoms with Crippen LogP contribution in [0.3, 0.4) is 0 Å². The quantitative estimate of drug-likeness (QED) is 0.805. The molecule has 6 heteroatoms. The SMILES string of the molecule is COC(=O)c1cc(OC)c2nc(N)sc2c1. The summed E-state index contributed by atoms with van der Waals surface area (Å²) in [6, 6.07) is 3.28. The van der Waals surface area contributed by atoms with Gasteiger partial charge in [-0.2, -0.15) is 0 Å². The van der Waals surface area contributed by atoms with E-state index in [0.29, 0.717) is 22.0 Å². The van der Waals surface area contributed by atoms with Crippen molar-refractivity contribution in [3.05, 3.63) is 17.7 Å². The van der Waals surface area contributed by atoms with Crippen LogP contribution in [0.25, 0.3) is 10.2 Å². The van der Waals surface area contributed by atoms with Gasteiger partial charge in [-0.15, -0.1) is 0 Å². The molecule has 0 amide bonds. The van der Waals surface area contributed by atoms with E-state index in [0.717, 1.165) is 4.70 Å². The summed E-state index contributed by atoms with van der Waals surface area (Å²) in [4.78, 5) is 15.5. The number of esters is 1. The lowest BCUT2D eigenvalue weighted by atomic mass is 10.2. The van der Waals surface area contributed by atoms with Crippen molar-refractivity contribution < 1.29 is 14.3 Å². The number of fused-ring (bicyclic) bond motifs is 1. The summed E-state index contributed by atoms with van der Waals surface area (Å²) < 4.78 is 10.6. The monoisotopic (exact) mass is 238 g/mol. The van der Waals surface area contributed by atoms with E-state index in [1.54, 1.807) is 12.1 Å². The third-order valence-electron chi connectivity index (χ3n) is 2.12. The van der Waals surface area contributed by atoms with Gasteiger partial charge in [0.2, 0.25) is 0 Å². The standard InChI is InChI=1S/C10H10N2O3S/c1-14-6-3-5(9(13)15-2)4-7-8(6)12-10(11)16-7/h3-4H,1-2H3,(H2,11,12). The van der Waals surface area contributed by atoms with Gasteiger partial charge in [-0.1, -0.05) is 11.3 Å². The molecule has 0 aliphatic rings. The van der Waals surface area contributed by atoms with E-state index in [2.05, 4.69) is 9.72 Å². The van der Waals surface area contributed by atoms with Crippen LogP contribution in [0.1, 0.15) is 10.4 Å². The minimum absolute atomic E-state index is 0.410. The molecule has 2 N–H and O–H groups in total. The van der Waals surface area contributed by atoms with Crippen molar-refractivity contribution in [2.45, 2.75) is 0 Å². The molecule has 0 bridgehead atoms. The Morgan fingerprint density at radius 2 is 2.19 bits per heavy atom. The fourth-order valence-corrected chi connectivity index (χ4v) is 2.20. The summed E-state index contributed by atoms with van der Waals surface area (Å²) in [5.74, 6) is 0.109. The summed E-state index contributed by atoms with van der Waals surface area (Å²) in [5.41, 5.74) is 6.70. The van der Waals surface area contributed by atoms with Crippen LogP contribution in [-0.2, 0) is 4.74 Å². The molecule has 0 fully saturated rings. The van der Waals surface area contributed by atoms with Crippen LogP contribution in [0.2, 0.25) is 0 Å². The number of nitrogen functional groups attached to an aromatic ring is 1. The van der Waals surface area contributed by atoms with E-state index in [-0.39, 0.29) is 0 Å². The molecule has 84 valence electrons. The predicted molar refractivity (Wildman–Crippen MR) is 61.9 cm³/mol. The van der Waals surface area contributed by atoms with Crippen LogP contribution in [0.15, 0.2) is 12.1 Å². The zero-order valence-electron chi connectivity index (χ0n) is 8.81. The molecule has 1 heterocycles. The van der Waals surface area contributed by atoms with Gasteiger partial charge >= 0.3 is 5.97 Å². The van der Waals surface area contributed by atoms with Gasteiger partial charge < -0.3 is 15.2 Å². The number of nitrogens with two attached hydrogens (primary N) is 1. The van der Waals surface area contributed by atoms with E-state index < -0.39 is 5.97 Å². The number of anilines is 1. The molecule has 0 aliphatic carbocycles. The zero-order valence-corrected chi connectivity index (χ0v) is 9.63. The van der Waals surface area contributed by atoms with Crippen LogP contribution in [0.5, 0.6) is 5.75 Å². The van der Waals surface area contributed by atoms with Crippen LogP contribution in [-0.4, -0.2) is 25.2 Å². The minimum atomic E-state index is -0.410. The first-order chi connectivity index (χ1) is 7.65. The molecule has 1 aromatic carbocycles. The molecular formula is C10H10N2O3S. The van der Waals surface area contributed by atoms with Crippen molar-refractivity contribution in [3.8, 4) is 5.75 Å². The van der Waals surface area contributed by atoms with Crippen LogP contribution in [0.4, 0.5) is 5.13 Å². The Morgan fingerprint density at radius 1 is 1.44 bits per heavy atom. The van der Waals surface area contributed by atoms with Gasteiger partial charge in [0.1, 0.15) is 11.3 Å². The van der Waals surface area contributed by atoms with Gasteiger partial charge in [0, 0.05) is 0 Å². The van der Waals surface area contributed by atoms with Gasteiger partial charge in [-0.05, 0) is 12.1 Å². The summed E-state index contributed by atoms with van der Waals surface area (Å²) in [5, 5.41) is 0.440. The number of aromatic nitrogens is 1. The number of nitrogens with zero attached hydrogens (tertiary/aromatic N) is 1. The Morgan fingerprint density at radius 3 is 2.81 bits per heavy atom. The molecule has 0 saturated heterocycles. The van der Waals surface area contributed by atoms with Crippen molar-refractivity contribution in [1.82, 2.24) is 4.98 Å². The summed E-state index contributed by atoms with van der Waals surface area (Å²) in [6.07, 6.45) is 0. The number of hydrogen-bond acceptors (Lipinski definition) is 6. The summed E-state index contributed by atoms with van der Waals surface area (Å²) in [7, 11) is 2.85. The number of thiazole rings is 1. The lowest BCUT2D eigenvalue weighted by molar-refractivity contribution is 0.0600. The van der Waals surface area contributed by atoms with Gasteiger partial charge in [-0.25, -0.2) is 9.78 Å². The highest BCUT2D eigenvalue weighted by Gasteiger charge is 2.13. The van der Waals surface area contributed by atoms with Crippen LogP contribution in [0, 0.1) is 0 Å². The van der Waals surface area contributed by atoms with Crippen molar-refractivity contribution in [3.63, 3.8) is 0 Å². The maximum Gasteiger partial charge on any atom is 0.338 e. The number of benzene rings is 1. The van der Waals surface area contributed by atoms with Gasteiger partial charge in [0.05, 0.1) is 24.5 Å². The Bertz CT molecular complexity index is 550. The molecule has 2 aromatic rings.